The van der Waals surface area contributed by atoms with Gasteiger partial charge in [0.25, 0.3) is 5.91 Å². The molecule has 0 atom stereocenters. The van der Waals surface area contributed by atoms with Gasteiger partial charge in [0.1, 0.15) is 6.54 Å². The highest BCUT2D eigenvalue weighted by Crippen LogP contribution is 2.29. The van der Waals surface area contributed by atoms with Crippen LogP contribution >= 0.6 is 0 Å². The molecule has 5 rings (SSSR count). The molecule has 4 aromatic rings. The maximum Gasteiger partial charge on any atom is 0.254 e. The van der Waals surface area contributed by atoms with E-state index in [4.69, 9.17) is 4.52 Å². The van der Waals surface area contributed by atoms with Gasteiger partial charge in [-0.05, 0) is 50.1 Å². The minimum atomic E-state index is -3.81. The van der Waals surface area contributed by atoms with E-state index >= 15 is 0 Å². The maximum atomic E-state index is 13.4. The van der Waals surface area contributed by atoms with E-state index in [9.17, 15) is 18.0 Å². The summed E-state index contributed by atoms with van der Waals surface area (Å²) in [6, 6.07) is 21.2. The van der Waals surface area contributed by atoms with Crippen LogP contribution in [-0.4, -0.2) is 65.3 Å². The first kappa shape index (κ1) is 29.2. The smallest absolute Gasteiger partial charge is 0.254 e. The Labute approximate surface area is 245 Å². The second kappa shape index (κ2) is 11.5. The summed E-state index contributed by atoms with van der Waals surface area (Å²) in [5.41, 5.74) is 2.60. The minimum absolute atomic E-state index is 0.0379. The predicted octanol–water partition coefficient (Wildman–Crippen LogP) is 4.27. The molecule has 2 heterocycles. The van der Waals surface area contributed by atoms with Crippen LogP contribution in [0.2, 0.25) is 0 Å². The van der Waals surface area contributed by atoms with E-state index in [1.54, 1.807) is 81.1 Å². The minimum Gasteiger partial charge on any atom is -0.339 e. The molecule has 0 radical (unpaired) electrons. The molecule has 2 amide bonds. The van der Waals surface area contributed by atoms with Crippen LogP contribution < -0.4 is 4.72 Å². The number of benzene rings is 3. The molecule has 0 saturated carbocycles. The van der Waals surface area contributed by atoms with Gasteiger partial charge in [0.05, 0.1) is 4.90 Å². The summed E-state index contributed by atoms with van der Waals surface area (Å²) in [5, 5.41) is 3.93. The van der Waals surface area contributed by atoms with Crippen molar-refractivity contribution in [2.75, 3.05) is 19.6 Å². The van der Waals surface area contributed by atoms with Crippen molar-refractivity contribution in [2.24, 2.45) is 0 Å². The Kier molecular flexibility index (Phi) is 7.98. The monoisotopic (exact) mass is 587 g/mol. The van der Waals surface area contributed by atoms with E-state index < -0.39 is 15.6 Å². The number of piperazine rings is 1. The Morgan fingerprint density at radius 1 is 0.976 bits per heavy atom. The Balaban J connectivity index is 1.27. The fraction of sp³-hybridized carbons (Fsp3) is 0.290. The molecule has 1 aliphatic heterocycles. The molecule has 3 aromatic carbocycles. The molecule has 0 aliphatic carbocycles. The van der Waals surface area contributed by atoms with Gasteiger partial charge in [0, 0.05) is 48.8 Å². The lowest BCUT2D eigenvalue weighted by atomic mass is 10.0. The Morgan fingerprint density at radius 3 is 2.38 bits per heavy atom. The van der Waals surface area contributed by atoms with E-state index in [1.807, 2.05) is 24.3 Å². The Bertz CT molecular complexity index is 1720. The fourth-order valence-electron chi connectivity index (χ4n) is 4.85. The number of hydrogen-bond donors (Lipinski definition) is 1. The third kappa shape index (κ3) is 6.58. The Hall–Kier alpha value is -4.35. The van der Waals surface area contributed by atoms with Crippen LogP contribution in [0.25, 0.3) is 22.5 Å². The molecule has 0 unspecified atom stereocenters. The molecule has 1 saturated heterocycles. The third-order valence-corrected chi connectivity index (χ3v) is 8.57. The van der Waals surface area contributed by atoms with Crippen molar-refractivity contribution in [2.45, 2.75) is 44.7 Å². The lowest BCUT2D eigenvalue weighted by Gasteiger charge is -2.34. The van der Waals surface area contributed by atoms with Gasteiger partial charge >= 0.3 is 0 Å². The highest BCUT2D eigenvalue weighted by atomic mass is 32.2. The average molecular weight is 588 g/mol. The SMILES string of the molecule is Cc1nc(-c2ccc(CN3CCN(C(=O)c4cccc(-c5ccccc5S(=O)(=O)NC(C)(C)C)c4)CC3=O)cc2)no1. The zero-order valence-electron chi connectivity index (χ0n) is 24.0. The van der Waals surface area contributed by atoms with Gasteiger partial charge in [-0.1, -0.05) is 59.8 Å². The zero-order valence-corrected chi connectivity index (χ0v) is 24.8. The maximum absolute atomic E-state index is 13.4. The molecule has 11 heteroatoms. The standard InChI is InChI=1S/C31H33N5O5S/c1-21-32-29(33-41-21)23-14-12-22(13-15-23)19-35-16-17-36(20-28(35)37)30(38)25-9-7-8-24(18-25)26-10-5-6-11-27(26)42(39,40)34-31(2,3)4/h5-15,18,34H,16-17,19-20H2,1-4H3. The number of aromatic nitrogens is 2. The lowest BCUT2D eigenvalue weighted by molar-refractivity contribution is -0.135. The number of nitrogens with one attached hydrogen (secondary N) is 1. The summed E-state index contributed by atoms with van der Waals surface area (Å²) in [5.74, 6) is 0.578. The van der Waals surface area contributed by atoms with Crippen LogP contribution in [0.3, 0.4) is 0 Å². The summed E-state index contributed by atoms with van der Waals surface area (Å²) >= 11 is 0. The summed E-state index contributed by atoms with van der Waals surface area (Å²) in [7, 11) is -3.81. The zero-order chi connectivity index (χ0) is 30.1. The van der Waals surface area contributed by atoms with Crippen LogP contribution in [0.1, 0.15) is 42.6 Å². The molecule has 218 valence electrons. The van der Waals surface area contributed by atoms with Crippen molar-refractivity contribution in [1.29, 1.82) is 0 Å². The van der Waals surface area contributed by atoms with Gasteiger partial charge in [0.2, 0.25) is 27.6 Å². The van der Waals surface area contributed by atoms with Crippen molar-refractivity contribution in [3.8, 4) is 22.5 Å². The molecule has 42 heavy (non-hydrogen) atoms. The largest absolute Gasteiger partial charge is 0.339 e. The summed E-state index contributed by atoms with van der Waals surface area (Å²) in [6.07, 6.45) is 0. The van der Waals surface area contributed by atoms with E-state index in [-0.39, 0.29) is 23.3 Å². The van der Waals surface area contributed by atoms with Crippen molar-refractivity contribution in [3.05, 3.63) is 89.8 Å². The fourth-order valence-corrected chi connectivity index (χ4v) is 6.49. The normalized spacial score (nSPS) is 14.3. The summed E-state index contributed by atoms with van der Waals surface area (Å²) in [6.45, 7) is 8.24. The quantitative estimate of drug-likeness (QED) is 0.342. The van der Waals surface area contributed by atoms with Crippen LogP contribution in [0, 0.1) is 6.92 Å². The van der Waals surface area contributed by atoms with Crippen LogP contribution in [-0.2, 0) is 21.4 Å². The summed E-state index contributed by atoms with van der Waals surface area (Å²) < 4.78 is 34.0. The number of carbonyl (C=O) groups excluding carboxylic acids is 2. The summed E-state index contributed by atoms with van der Waals surface area (Å²) in [4.78, 5) is 34.1. The number of amides is 2. The molecule has 0 bridgehead atoms. The second-order valence-electron chi connectivity index (χ2n) is 11.3. The van der Waals surface area contributed by atoms with Gasteiger partial charge in [0.15, 0.2) is 0 Å². The van der Waals surface area contributed by atoms with E-state index in [0.717, 1.165) is 11.1 Å². The van der Waals surface area contributed by atoms with Crippen molar-refractivity contribution in [3.63, 3.8) is 0 Å². The number of rotatable bonds is 7. The van der Waals surface area contributed by atoms with Gasteiger partial charge in [-0.25, -0.2) is 13.1 Å². The van der Waals surface area contributed by atoms with Crippen molar-refractivity contribution in [1.82, 2.24) is 24.7 Å². The highest BCUT2D eigenvalue weighted by molar-refractivity contribution is 7.89. The molecule has 1 fully saturated rings. The number of hydrogen-bond acceptors (Lipinski definition) is 7. The molecular formula is C31H33N5O5S. The number of carbonyl (C=O) groups is 2. The molecule has 10 nitrogen and oxygen atoms in total. The van der Waals surface area contributed by atoms with Crippen molar-refractivity contribution < 1.29 is 22.5 Å². The van der Waals surface area contributed by atoms with Gasteiger partial charge in [-0.3, -0.25) is 9.59 Å². The first-order chi connectivity index (χ1) is 19.9. The van der Waals surface area contributed by atoms with E-state index in [1.165, 1.54) is 4.90 Å². The number of nitrogens with zero attached hydrogens (tertiary/aromatic N) is 4. The molecule has 1 N–H and O–H groups in total. The van der Waals surface area contributed by atoms with Gasteiger partial charge in [-0.2, -0.15) is 4.98 Å². The lowest BCUT2D eigenvalue weighted by Crippen LogP contribution is -2.51. The van der Waals surface area contributed by atoms with E-state index in [2.05, 4.69) is 14.9 Å². The number of sulfonamides is 1. The van der Waals surface area contributed by atoms with Gasteiger partial charge < -0.3 is 14.3 Å². The molecule has 0 spiro atoms. The predicted molar refractivity (Wildman–Crippen MR) is 158 cm³/mol. The third-order valence-electron chi connectivity index (χ3n) is 6.76. The van der Waals surface area contributed by atoms with Gasteiger partial charge in [-0.15, -0.1) is 0 Å². The van der Waals surface area contributed by atoms with Crippen LogP contribution in [0.4, 0.5) is 0 Å². The Morgan fingerprint density at radius 2 is 1.71 bits per heavy atom. The van der Waals surface area contributed by atoms with Crippen molar-refractivity contribution >= 4 is 21.8 Å². The topological polar surface area (TPSA) is 126 Å². The van der Waals surface area contributed by atoms with Crippen LogP contribution in [0.15, 0.2) is 82.2 Å². The molecule has 1 aromatic heterocycles. The first-order valence-corrected chi connectivity index (χ1v) is 15.1. The molecular weight excluding hydrogens is 554 g/mol. The van der Waals surface area contributed by atoms with Crippen LogP contribution in [0.5, 0.6) is 0 Å². The number of aryl methyl sites for hydroxylation is 1. The van der Waals surface area contributed by atoms with E-state index in [0.29, 0.717) is 48.0 Å². The average Bonchev–Trinajstić information content (AvgIpc) is 3.39. The highest BCUT2D eigenvalue weighted by Gasteiger charge is 2.29. The first-order valence-electron chi connectivity index (χ1n) is 13.6. The second-order valence-corrected chi connectivity index (χ2v) is 13.0. The molecule has 1 aliphatic rings.